The molecule has 1 rings (SSSR count). The monoisotopic (exact) mass is 223 g/mol. The van der Waals surface area contributed by atoms with Crippen molar-refractivity contribution in [3.63, 3.8) is 0 Å². The summed E-state index contributed by atoms with van der Waals surface area (Å²) in [5.41, 5.74) is 8.70. The molecule has 1 nitrogen and oxygen atoms in total. The van der Waals surface area contributed by atoms with E-state index in [1.807, 2.05) is 11.8 Å². The van der Waals surface area contributed by atoms with Gasteiger partial charge in [0.15, 0.2) is 0 Å². The molecule has 0 bridgehead atoms. The number of rotatable bonds is 6. The van der Waals surface area contributed by atoms with Crippen molar-refractivity contribution in [2.45, 2.75) is 38.5 Å². The lowest BCUT2D eigenvalue weighted by Gasteiger charge is -2.09. The molecular formula is C13H21NS. The van der Waals surface area contributed by atoms with E-state index < -0.39 is 0 Å². The van der Waals surface area contributed by atoms with Gasteiger partial charge in [0, 0.05) is 17.5 Å². The Kier molecular flexibility index (Phi) is 5.81. The van der Waals surface area contributed by atoms with Crippen LogP contribution in [-0.2, 0) is 5.75 Å². The van der Waals surface area contributed by atoms with Gasteiger partial charge in [-0.15, -0.1) is 0 Å². The summed E-state index contributed by atoms with van der Waals surface area (Å²) < 4.78 is 0. The lowest BCUT2D eigenvalue weighted by Crippen LogP contribution is -2.22. The van der Waals surface area contributed by atoms with Gasteiger partial charge in [-0.2, -0.15) is 11.8 Å². The van der Waals surface area contributed by atoms with Crippen LogP contribution in [0.3, 0.4) is 0 Å². The van der Waals surface area contributed by atoms with Gasteiger partial charge in [-0.25, -0.2) is 0 Å². The highest BCUT2D eigenvalue weighted by atomic mass is 32.2. The molecule has 0 aliphatic rings. The van der Waals surface area contributed by atoms with E-state index in [1.54, 1.807) is 0 Å². The predicted molar refractivity (Wildman–Crippen MR) is 70.2 cm³/mol. The molecule has 0 fully saturated rings. The van der Waals surface area contributed by atoms with Gasteiger partial charge < -0.3 is 5.73 Å². The van der Waals surface area contributed by atoms with Crippen LogP contribution < -0.4 is 5.73 Å². The van der Waals surface area contributed by atoms with E-state index in [2.05, 4.69) is 38.1 Å². The van der Waals surface area contributed by atoms with Gasteiger partial charge in [-0.3, -0.25) is 0 Å². The molecule has 1 aromatic rings. The molecule has 0 spiro atoms. The first-order valence-electron chi connectivity index (χ1n) is 5.61. The molecule has 0 aliphatic carbocycles. The second kappa shape index (κ2) is 6.91. The zero-order valence-electron chi connectivity index (χ0n) is 9.70. The fourth-order valence-electron chi connectivity index (χ4n) is 1.58. The van der Waals surface area contributed by atoms with Crippen LogP contribution in [-0.4, -0.2) is 11.8 Å². The SMILES string of the molecule is CCCC(N)CSCc1cccc(C)c1. The van der Waals surface area contributed by atoms with Crippen LogP contribution in [0.5, 0.6) is 0 Å². The molecule has 0 aliphatic heterocycles. The lowest BCUT2D eigenvalue weighted by molar-refractivity contribution is 0.660. The lowest BCUT2D eigenvalue weighted by atomic mass is 10.2. The van der Waals surface area contributed by atoms with Crippen LogP contribution in [0, 0.1) is 6.92 Å². The summed E-state index contributed by atoms with van der Waals surface area (Å²) in [5, 5.41) is 0. The van der Waals surface area contributed by atoms with E-state index in [-0.39, 0.29) is 0 Å². The maximum absolute atomic E-state index is 5.96. The Labute approximate surface area is 97.4 Å². The molecule has 2 N–H and O–H groups in total. The Morgan fingerprint density at radius 1 is 1.40 bits per heavy atom. The predicted octanol–water partition coefficient (Wildman–Crippen LogP) is 3.36. The fourth-order valence-corrected chi connectivity index (χ4v) is 2.59. The third kappa shape index (κ3) is 5.24. The van der Waals surface area contributed by atoms with Crippen LogP contribution in [0.1, 0.15) is 30.9 Å². The molecule has 2 heteroatoms. The Morgan fingerprint density at radius 3 is 2.87 bits per heavy atom. The van der Waals surface area contributed by atoms with Crippen LogP contribution in [0.4, 0.5) is 0 Å². The number of aryl methyl sites for hydroxylation is 1. The van der Waals surface area contributed by atoms with Crippen molar-refractivity contribution in [2.24, 2.45) is 5.73 Å². The summed E-state index contributed by atoms with van der Waals surface area (Å²) in [7, 11) is 0. The van der Waals surface area contributed by atoms with Gasteiger partial charge in [0.2, 0.25) is 0 Å². The highest BCUT2D eigenvalue weighted by Crippen LogP contribution is 2.14. The molecule has 1 unspecified atom stereocenters. The maximum Gasteiger partial charge on any atom is 0.0185 e. The summed E-state index contributed by atoms with van der Waals surface area (Å²) in [5.74, 6) is 2.15. The summed E-state index contributed by atoms with van der Waals surface area (Å²) in [4.78, 5) is 0. The quantitative estimate of drug-likeness (QED) is 0.800. The van der Waals surface area contributed by atoms with Crippen molar-refractivity contribution in [2.75, 3.05) is 5.75 Å². The Morgan fingerprint density at radius 2 is 2.20 bits per heavy atom. The minimum atomic E-state index is 0.366. The summed E-state index contributed by atoms with van der Waals surface area (Å²) >= 11 is 1.94. The van der Waals surface area contributed by atoms with Crippen molar-refractivity contribution in [1.29, 1.82) is 0 Å². The molecule has 0 saturated carbocycles. The van der Waals surface area contributed by atoms with Crippen LogP contribution in [0.2, 0.25) is 0 Å². The van der Waals surface area contributed by atoms with E-state index in [9.17, 15) is 0 Å². The molecule has 0 heterocycles. The molecule has 0 amide bonds. The minimum absolute atomic E-state index is 0.366. The highest BCUT2D eigenvalue weighted by molar-refractivity contribution is 7.98. The zero-order chi connectivity index (χ0) is 11.1. The number of benzene rings is 1. The van der Waals surface area contributed by atoms with Gasteiger partial charge in [0.05, 0.1) is 0 Å². The third-order valence-corrected chi connectivity index (χ3v) is 3.54. The fraction of sp³-hybridized carbons (Fsp3) is 0.538. The van der Waals surface area contributed by atoms with Gasteiger partial charge in [0.1, 0.15) is 0 Å². The zero-order valence-corrected chi connectivity index (χ0v) is 10.5. The van der Waals surface area contributed by atoms with Crippen molar-refractivity contribution < 1.29 is 0 Å². The molecule has 0 aromatic heterocycles. The molecule has 0 radical (unpaired) electrons. The molecular weight excluding hydrogens is 202 g/mol. The molecule has 84 valence electrons. The van der Waals surface area contributed by atoms with Gasteiger partial charge >= 0.3 is 0 Å². The summed E-state index contributed by atoms with van der Waals surface area (Å²) in [6.45, 7) is 4.32. The van der Waals surface area contributed by atoms with Crippen molar-refractivity contribution in [1.82, 2.24) is 0 Å². The molecule has 1 atom stereocenters. The highest BCUT2D eigenvalue weighted by Gasteiger charge is 2.01. The second-order valence-electron chi connectivity index (χ2n) is 4.05. The molecule has 1 aromatic carbocycles. The van der Waals surface area contributed by atoms with E-state index >= 15 is 0 Å². The minimum Gasteiger partial charge on any atom is -0.327 e. The smallest absolute Gasteiger partial charge is 0.0185 e. The van der Waals surface area contributed by atoms with Crippen LogP contribution >= 0.6 is 11.8 Å². The third-order valence-electron chi connectivity index (χ3n) is 2.34. The van der Waals surface area contributed by atoms with E-state index in [0.29, 0.717) is 6.04 Å². The van der Waals surface area contributed by atoms with Crippen molar-refractivity contribution >= 4 is 11.8 Å². The first-order valence-corrected chi connectivity index (χ1v) is 6.76. The number of hydrogen-bond acceptors (Lipinski definition) is 2. The van der Waals surface area contributed by atoms with E-state index in [1.165, 1.54) is 17.5 Å². The second-order valence-corrected chi connectivity index (χ2v) is 5.08. The number of nitrogens with two attached hydrogens (primary N) is 1. The number of thioether (sulfide) groups is 1. The van der Waals surface area contributed by atoms with Crippen LogP contribution in [0.15, 0.2) is 24.3 Å². The Bertz CT molecular complexity index is 286. The average Bonchev–Trinajstić information content (AvgIpc) is 2.18. The van der Waals surface area contributed by atoms with Crippen molar-refractivity contribution in [3.8, 4) is 0 Å². The van der Waals surface area contributed by atoms with E-state index in [4.69, 9.17) is 5.73 Å². The average molecular weight is 223 g/mol. The molecule has 0 saturated heterocycles. The van der Waals surface area contributed by atoms with Gasteiger partial charge in [-0.05, 0) is 18.9 Å². The number of hydrogen-bond donors (Lipinski definition) is 1. The standard InChI is InChI=1S/C13H21NS/c1-3-5-13(14)10-15-9-12-7-4-6-11(2)8-12/h4,6-8,13H,3,5,9-10,14H2,1-2H3. The first kappa shape index (κ1) is 12.6. The van der Waals surface area contributed by atoms with Crippen LogP contribution in [0.25, 0.3) is 0 Å². The van der Waals surface area contributed by atoms with E-state index in [0.717, 1.165) is 17.9 Å². The van der Waals surface area contributed by atoms with Gasteiger partial charge in [-0.1, -0.05) is 43.2 Å². The largest absolute Gasteiger partial charge is 0.327 e. The topological polar surface area (TPSA) is 26.0 Å². The molecule has 15 heavy (non-hydrogen) atoms. The normalized spacial score (nSPS) is 12.7. The Hall–Kier alpha value is -0.470. The van der Waals surface area contributed by atoms with Crippen molar-refractivity contribution in [3.05, 3.63) is 35.4 Å². The van der Waals surface area contributed by atoms with Gasteiger partial charge in [0.25, 0.3) is 0 Å². The first-order chi connectivity index (χ1) is 7.22. The summed E-state index contributed by atoms with van der Waals surface area (Å²) in [6.07, 6.45) is 2.33. The Balaban J connectivity index is 2.25. The maximum atomic E-state index is 5.96. The summed E-state index contributed by atoms with van der Waals surface area (Å²) in [6, 6.07) is 9.06.